The molecule has 0 bridgehead atoms. The maximum absolute atomic E-state index is 12.7. The lowest BCUT2D eigenvalue weighted by Gasteiger charge is -2.09. The Hall–Kier alpha value is -4.60. The number of nitro benzene ring substituents is 1. The second-order valence-electron chi connectivity index (χ2n) is 6.37. The van der Waals surface area contributed by atoms with Crippen molar-refractivity contribution in [3.8, 4) is 22.8 Å². The predicted octanol–water partition coefficient (Wildman–Crippen LogP) is 3.50. The van der Waals surface area contributed by atoms with E-state index in [0.717, 1.165) is 0 Å². The lowest BCUT2D eigenvalue weighted by molar-refractivity contribution is -0.385. The van der Waals surface area contributed by atoms with Crippen LogP contribution in [0.15, 0.2) is 72.8 Å². The van der Waals surface area contributed by atoms with Gasteiger partial charge in [-0.2, -0.15) is 0 Å². The van der Waals surface area contributed by atoms with Crippen molar-refractivity contribution in [3.05, 3.63) is 88.5 Å². The minimum atomic E-state index is -0.609. The Morgan fingerprint density at radius 3 is 2.48 bits per heavy atom. The largest absolute Gasteiger partial charge is 0.497 e. The van der Waals surface area contributed by atoms with Crippen LogP contribution < -0.4 is 10.1 Å². The van der Waals surface area contributed by atoms with E-state index in [-0.39, 0.29) is 17.1 Å². The standard InChI is InChI=1S/C21H16N6O4/c1-31-15-12-10-14(11-13-15)26-24-20(23-25-26)16-6-2-4-8-18(16)22-21(28)17-7-3-5-9-19(17)27(29)30/h2-13H,1H3,(H,22,28). The molecule has 10 heteroatoms. The molecule has 0 saturated heterocycles. The van der Waals surface area contributed by atoms with Crippen LogP contribution >= 0.6 is 0 Å². The third kappa shape index (κ3) is 4.08. The van der Waals surface area contributed by atoms with E-state index >= 15 is 0 Å². The van der Waals surface area contributed by atoms with Crippen LogP contribution in [0.2, 0.25) is 0 Å². The number of hydrogen-bond acceptors (Lipinski definition) is 7. The van der Waals surface area contributed by atoms with Gasteiger partial charge in [-0.15, -0.1) is 15.0 Å². The van der Waals surface area contributed by atoms with Crippen LogP contribution in [0.4, 0.5) is 11.4 Å². The third-order valence-corrected chi connectivity index (χ3v) is 4.48. The SMILES string of the molecule is COc1ccc(-n2nnc(-c3ccccc3NC(=O)c3ccccc3[N+](=O)[O-])n2)cc1. The van der Waals surface area contributed by atoms with Crippen molar-refractivity contribution in [1.29, 1.82) is 0 Å². The Morgan fingerprint density at radius 1 is 1.03 bits per heavy atom. The Balaban J connectivity index is 1.63. The highest BCUT2D eigenvalue weighted by Gasteiger charge is 2.21. The van der Waals surface area contributed by atoms with E-state index in [4.69, 9.17) is 4.74 Å². The molecular weight excluding hydrogens is 400 g/mol. The molecule has 31 heavy (non-hydrogen) atoms. The van der Waals surface area contributed by atoms with Crippen molar-refractivity contribution in [3.63, 3.8) is 0 Å². The summed E-state index contributed by atoms with van der Waals surface area (Å²) in [5.41, 5.74) is 1.29. The number of nitrogens with zero attached hydrogens (tertiary/aromatic N) is 5. The Bertz CT molecular complexity index is 1250. The highest BCUT2D eigenvalue weighted by molar-refractivity contribution is 6.08. The number of hydrogen-bond donors (Lipinski definition) is 1. The molecule has 0 aliphatic heterocycles. The fraction of sp³-hybridized carbons (Fsp3) is 0.0476. The second kappa shape index (κ2) is 8.41. The number of para-hydroxylation sites is 2. The number of carbonyl (C=O) groups is 1. The molecular formula is C21H16N6O4. The van der Waals surface area contributed by atoms with Crippen LogP contribution in [0.1, 0.15) is 10.4 Å². The molecule has 0 saturated carbocycles. The normalized spacial score (nSPS) is 10.5. The topological polar surface area (TPSA) is 125 Å². The number of anilines is 1. The molecule has 1 heterocycles. The number of aromatic nitrogens is 4. The van der Waals surface area contributed by atoms with E-state index in [1.165, 1.54) is 23.0 Å². The molecule has 3 aromatic carbocycles. The first-order valence-corrected chi connectivity index (χ1v) is 9.15. The minimum absolute atomic E-state index is 0.0443. The lowest BCUT2D eigenvalue weighted by Crippen LogP contribution is -2.14. The van der Waals surface area contributed by atoms with Crippen molar-refractivity contribution in [2.45, 2.75) is 0 Å². The molecule has 0 unspecified atom stereocenters. The van der Waals surface area contributed by atoms with Gasteiger partial charge in [0.1, 0.15) is 11.3 Å². The van der Waals surface area contributed by atoms with Gasteiger partial charge in [0.15, 0.2) is 0 Å². The number of ether oxygens (including phenoxy) is 1. The molecule has 0 aliphatic carbocycles. The molecule has 4 aromatic rings. The summed E-state index contributed by atoms with van der Waals surface area (Å²) in [6.07, 6.45) is 0. The summed E-state index contributed by atoms with van der Waals surface area (Å²) in [7, 11) is 1.58. The summed E-state index contributed by atoms with van der Waals surface area (Å²) < 4.78 is 5.14. The van der Waals surface area contributed by atoms with Gasteiger partial charge in [0.05, 0.1) is 23.4 Å². The van der Waals surface area contributed by atoms with E-state index < -0.39 is 10.8 Å². The van der Waals surface area contributed by atoms with Gasteiger partial charge in [-0.05, 0) is 47.7 Å². The van der Waals surface area contributed by atoms with Crippen LogP contribution in [-0.4, -0.2) is 38.1 Å². The van der Waals surface area contributed by atoms with E-state index in [0.29, 0.717) is 22.7 Å². The minimum Gasteiger partial charge on any atom is -0.497 e. The van der Waals surface area contributed by atoms with Crippen LogP contribution in [0.5, 0.6) is 5.75 Å². The van der Waals surface area contributed by atoms with Gasteiger partial charge < -0.3 is 10.1 Å². The van der Waals surface area contributed by atoms with Crippen molar-refractivity contribution in [2.75, 3.05) is 12.4 Å². The monoisotopic (exact) mass is 416 g/mol. The van der Waals surface area contributed by atoms with Crippen LogP contribution in [0.25, 0.3) is 17.1 Å². The zero-order valence-electron chi connectivity index (χ0n) is 16.3. The van der Waals surface area contributed by atoms with Gasteiger partial charge in [0.2, 0.25) is 5.82 Å². The lowest BCUT2D eigenvalue weighted by atomic mass is 10.1. The molecule has 0 spiro atoms. The third-order valence-electron chi connectivity index (χ3n) is 4.48. The smallest absolute Gasteiger partial charge is 0.282 e. The molecule has 0 radical (unpaired) electrons. The Kier molecular flexibility index (Phi) is 5.35. The Labute approximate surface area is 176 Å². The van der Waals surface area contributed by atoms with Gasteiger partial charge in [-0.1, -0.05) is 24.3 Å². The number of tetrazole rings is 1. The zero-order valence-corrected chi connectivity index (χ0v) is 16.3. The Morgan fingerprint density at radius 2 is 1.74 bits per heavy atom. The molecule has 0 fully saturated rings. The van der Waals surface area contributed by atoms with Crippen LogP contribution in [0, 0.1) is 10.1 Å². The molecule has 1 aromatic heterocycles. The van der Waals surface area contributed by atoms with Gasteiger partial charge in [0, 0.05) is 11.6 Å². The van der Waals surface area contributed by atoms with Crippen molar-refractivity contribution >= 4 is 17.3 Å². The van der Waals surface area contributed by atoms with Crippen LogP contribution in [0.3, 0.4) is 0 Å². The second-order valence-corrected chi connectivity index (χ2v) is 6.37. The summed E-state index contributed by atoms with van der Waals surface area (Å²) in [4.78, 5) is 24.7. The predicted molar refractivity (Wildman–Crippen MR) is 112 cm³/mol. The molecule has 1 N–H and O–H groups in total. The summed E-state index contributed by atoms with van der Waals surface area (Å²) >= 11 is 0. The maximum Gasteiger partial charge on any atom is 0.282 e. The van der Waals surface area contributed by atoms with Gasteiger partial charge in [-0.3, -0.25) is 14.9 Å². The molecule has 1 amide bonds. The summed E-state index contributed by atoms with van der Waals surface area (Å²) in [6.45, 7) is 0. The first kappa shape index (κ1) is 19.7. The van der Waals surface area contributed by atoms with Crippen LogP contribution in [-0.2, 0) is 0 Å². The number of nitro groups is 1. The number of rotatable bonds is 6. The number of amides is 1. The zero-order chi connectivity index (χ0) is 21.8. The average Bonchev–Trinajstić information content (AvgIpc) is 3.29. The fourth-order valence-electron chi connectivity index (χ4n) is 2.95. The van der Waals surface area contributed by atoms with E-state index in [9.17, 15) is 14.9 Å². The average molecular weight is 416 g/mol. The summed E-state index contributed by atoms with van der Waals surface area (Å²) in [5, 5.41) is 26.5. The van der Waals surface area contributed by atoms with Gasteiger partial charge >= 0.3 is 0 Å². The molecule has 0 aliphatic rings. The number of benzene rings is 3. The molecule has 0 atom stereocenters. The quantitative estimate of drug-likeness (QED) is 0.377. The van der Waals surface area contributed by atoms with Crippen molar-refractivity contribution in [1.82, 2.24) is 20.2 Å². The van der Waals surface area contributed by atoms with E-state index in [1.807, 2.05) is 0 Å². The summed E-state index contributed by atoms with van der Waals surface area (Å²) in [5.74, 6) is 0.378. The van der Waals surface area contributed by atoms with Gasteiger partial charge in [0.25, 0.3) is 11.6 Å². The highest BCUT2D eigenvalue weighted by Crippen LogP contribution is 2.27. The number of methoxy groups -OCH3 is 1. The number of carbonyl (C=O) groups excluding carboxylic acids is 1. The number of nitrogens with one attached hydrogen (secondary N) is 1. The van der Waals surface area contributed by atoms with Gasteiger partial charge in [-0.25, -0.2) is 0 Å². The van der Waals surface area contributed by atoms with E-state index in [1.54, 1.807) is 61.7 Å². The maximum atomic E-state index is 12.7. The van der Waals surface area contributed by atoms with Crippen molar-refractivity contribution in [2.24, 2.45) is 0 Å². The fourth-order valence-corrected chi connectivity index (χ4v) is 2.95. The highest BCUT2D eigenvalue weighted by atomic mass is 16.6. The van der Waals surface area contributed by atoms with E-state index in [2.05, 4.69) is 20.7 Å². The first-order valence-electron chi connectivity index (χ1n) is 9.15. The molecule has 10 nitrogen and oxygen atoms in total. The molecule has 4 rings (SSSR count). The van der Waals surface area contributed by atoms with Crippen molar-refractivity contribution < 1.29 is 14.5 Å². The summed E-state index contributed by atoms with van der Waals surface area (Å²) in [6, 6.07) is 19.8. The molecule has 154 valence electrons. The first-order chi connectivity index (χ1) is 15.1.